The minimum absolute atomic E-state index is 0. The molecule has 0 aliphatic heterocycles. The van der Waals surface area contributed by atoms with Gasteiger partial charge in [-0.05, 0) is 29.0 Å². The number of nitro benzene ring substituents is 1. The number of halogens is 2. The highest BCUT2D eigenvalue weighted by Crippen LogP contribution is 2.22. The van der Waals surface area contributed by atoms with Gasteiger partial charge in [0.15, 0.2) is 0 Å². The first-order chi connectivity index (χ1) is 8.06. The fraction of sp³-hybridized carbons (Fsp3) is 0.300. The minimum atomic E-state index is -0.507. The molecule has 1 aromatic carbocycles. The lowest BCUT2D eigenvalue weighted by molar-refractivity contribution is -0.384. The van der Waals surface area contributed by atoms with Crippen molar-refractivity contribution in [3.8, 4) is 0 Å². The van der Waals surface area contributed by atoms with Gasteiger partial charge in [-0.2, -0.15) is 0 Å². The largest absolute Gasteiger partial charge is 0.351 e. The van der Waals surface area contributed by atoms with Crippen LogP contribution in [0.3, 0.4) is 0 Å². The molecule has 0 bridgehead atoms. The third kappa shape index (κ3) is 4.59. The molecule has 1 amide bonds. The van der Waals surface area contributed by atoms with Gasteiger partial charge in [0.2, 0.25) is 0 Å². The Morgan fingerprint density at radius 2 is 2.11 bits per heavy atom. The Labute approximate surface area is 119 Å². The molecule has 0 spiro atoms. The molecule has 0 fully saturated rings. The molecule has 0 aromatic heterocycles. The smallest absolute Gasteiger partial charge is 0.270 e. The van der Waals surface area contributed by atoms with E-state index in [9.17, 15) is 14.9 Å². The molecular weight excluding hydrogens is 325 g/mol. The molecule has 0 aliphatic carbocycles. The van der Waals surface area contributed by atoms with Gasteiger partial charge in [-0.3, -0.25) is 14.9 Å². The second-order valence-electron chi connectivity index (χ2n) is 3.28. The molecule has 1 rings (SSSR count). The van der Waals surface area contributed by atoms with Gasteiger partial charge >= 0.3 is 0 Å². The SMILES string of the molecule is CNCCNC(=O)c1ccc([N+](=O)[O-])cc1Br.Cl. The average Bonchev–Trinajstić information content (AvgIpc) is 2.28. The van der Waals surface area contributed by atoms with Crippen LogP contribution in [0, 0.1) is 10.1 Å². The van der Waals surface area contributed by atoms with Gasteiger partial charge in [-0.1, -0.05) is 0 Å². The van der Waals surface area contributed by atoms with E-state index in [1.165, 1.54) is 18.2 Å². The molecule has 2 N–H and O–H groups in total. The van der Waals surface area contributed by atoms with Crippen molar-refractivity contribution in [2.75, 3.05) is 20.1 Å². The highest BCUT2D eigenvalue weighted by Gasteiger charge is 2.13. The highest BCUT2D eigenvalue weighted by atomic mass is 79.9. The maximum Gasteiger partial charge on any atom is 0.270 e. The van der Waals surface area contributed by atoms with Gasteiger partial charge in [0.1, 0.15) is 0 Å². The summed E-state index contributed by atoms with van der Waals surface area (Å²) >= 11 is 3.14. The second kappa shape index (κ2) is 8.02. The van der Waals surface area contributed by atoms with Crippen LogP contribution in [0.1, 0.15) is 10.4 Å². The molecular formula is C10H13BrClN3O3. The summed E-state index contributed by atoms with van der Waals surface area (Å²) in [5.41, 5.74) is 0.329. The van der Waals surface area contributed by atoms with Crippen LogP contribution >= 0.6 is 28.3 Å². The van der Waals surface area contributed by atoms with Crippen molar-refractivity contribution in [2.24, 2.45) is 0 Å². The van der Waals surface area contributed by atoms with Crippen molar-refractivity contribution in [3.05, 3.63) is 38.3 Å². The quantitative estimate of drug-likeness (QED) is 0.486. The van der Waals surface area contributed by atoms with Gasteiger partial charge in [0.05, 0.1) is 10.5 Å². The Balaban J connectivity index is 0.00000289. The number of amides is 1. The molecule has 1 aromatic rings. The summed E-state index contributed by atoms with van der Waals surface area (Å²) in [4.78, 5) is 21.7. The van der Waals surface area contributed by atoms with E-state index in [4.69, 9.17) is 0 Å². The van der Waals surface area contributed by atoms with Crippen LogP contribution in [-0.2, 0) is 0 Å². The van der Waals surface area contributed by atoms with Gasteiger partial charge in [-0.25, -0.2) is 0 Å². The van der Waals surface area contributed by atoms with E-state index in [2.05, 4.69) is 26.6 Å². The van der Waals surface area contributed by atoms with Crippen molar-refractivity contribution in [1.82, 2.24) is 10.6 Å². The average molecular weight is 339 g/mol. The standard InChI is InChI=1S/C10H12BrN3O3.ClH/c1-12-4-5-13-10(15)8-3-2-7(14(16)17)6-9(8)11;/h2-3,6,12H,4-5H2,1H3,(H,13,15);1H. The summed E-state index contributed by atoms with van der Waals surface area (Å²) < 4.78 is 0.411. The number of carbonyl (C=O) groups excluding carboxylic acids is 1. The van der Waals surface area contributed by atoms with Crippen molar-refractivity contribution >= 4 is 39.9 Å². The van der Waals surface area contributed by atoms with Gasteiger partial charge < -0.3 is 10.6 Å². The number of rotatable bonds is 5. The number of nitrogens with zero attached hydrogens (tertiary/aromatic N) is 1. The van der Waals surface area contributed by atoms with E-state index in [1.807, 2.05) is 0 Å². The predicted molar refractivity (Wildman–Crippen MR) is 74.3 cm³/mol. The third-order valence-electron chi connectivity index (χ3n) is 2.07. The Hall–Kier alpha value is -1.18. The van der Waals surface area contributed by atoms with E-state index in [0.29, 0.717) is 23.1 Å². The number of benzene rings is 1. The number of hydrogen-bond donors (Lipinski definition) is 2. The Morgan fingerprint density at radius 3 is 2.61 bits per heavy atom. The van der Waals surface area contributed by atoms with Crippen LogP contribution < -0.4 is 10.6 Å². The molecule has 0 unspecified atom stereocenters. The molecule has 6 nitrogen and oxygen atoms in total. The summed E-state index contributed by atoms with van der Waals surface area (Å²) in [7, 11) is 1.79. The predicted octanol–water partition coefficient (Wildman–Crippen LogP) is 1.73. The molecule has 8 heteroatoms. The lowest BCUT2D eigenvalue weighted by Crippen LogP contribution is -2.30. The summed E-state index contributed by atoms with van der Waals surface area (Å²) in [5, 5.41) is 16.1. The van der Waals surface area contributed by atoms with E-state index in [1.54, 1.807) is 7.05 Å². The maximum absolute atomic E-state index is 11.7. The topological polar surface area (TPSA) is 84.3 Å². The summed E-state index contributed by atoms with van der Waals surface area (Å²) in [5.74, 6) is -0.262. The van der Waals surface area contributed by atoms with E-state index in [0.717, 1.165) is 0 Å². The first-order valence-corrected chi connectivity index (χ1v) is 5.72. The second-order valence-corrected chi connectivity index (χ2v) is 4.14. The Kier molecular flexibility index (Phi) is 7.49. The Bertz CT molecular complexity index is 442. The van der Waals surface area contributed by atoms with Crippen molar-refractivity contribution in [2.45, 2.75) is 0 Å². The lowest BCUT2D eigenvalue weighted by Gasteiger charge is -2.06. The number of carbonyl (C=O) groups is 1. The van der Waals surface area contributed by atoms with Crippen LogP contribution in [-0.4, -0.2) is 31.0 Å². The van der Waals surface area contributed by atoms with Crippen LogP contribution in [0.25, 0.3) is 0 Å². The maximum atomic E-state index is 11.7. The molecule has 0 heterocycles. The molecule has 0 radical (unpaired) electrons. The number of likely N-dealkylation sites (N-methyl/N-ethyl adjacent to an activating group) is 1. The fourth-order valence-electron chi connectivity index (χ4n) is 1.20. The van der Waals surface area contributed by atoms with E-state index < -0.39 is 4.92 Å². The normalized spacial score (nSPS) is 9.44. The minimum Gasteiger partial charge on any atom is -0.351 e. The van der Waals surface area contributed by atoms with Crippen LogP contribution in [0.5, 0.6) is 0 Å². The van der Waals surface area contributed by atoms with Crippen molar-refractivity contribution < 1.29 is 9.72 Å². The number of hydrogen-bond acceptors (Lipinski definition) is 4. The summed E-state index contributed by atoms with van der Waals surface area (Å²) in [6, 6.07) is 4.04. The highest BCUT2D eigenvalue weighted by molar-refractivity contribution is 9.10. The number of non-ortho nitro benzene ring substituents is 1. The fourth-order valence-corrected chi connectivity index (χ4v) is 1.74. The van der Waals surface area contributed by atoms with Crippen molar-refractivity contribution in [1.29, 1.82) is 0 Å². The molecule has 0 saturated carbocycles. The molecule has 100 valence electrons. The zero-order chi connectivity index (χ0) is 12.8. The first kappa shape index (κ1) is 16.8. The summed E-state index contributed by atoms with van der Waals surface area (Å²) in [6.07, 6.45) is 0. The summed E-state index contributed by atoms with van der Waals surface area (Å²) in [6.45, 7) is 1.16. The molecule has 0 aliphatic rings. The third-order valence-corrected chi connectivity index (χ3v) is 2.72. The lowest BCUT2D eigenvalue weighted by atomic mass is 10.2. The van der Waals surface area contributed by atoms with Gasteiger partial charge in [0.25, 0.3) is 11.6 Å². The zero-order valence-electron chi connectivity index (χ0n) is 9.60. The van der Waals surface area contributed by atoms with Crippen molar-refractivity contribution in [3.63, 3.8) is 0 Å². The van der Waals surface area contributed by atoms with Crippen LogP contribution in [0.4, 0.5) is 5.69 Å². The Morgan fingerprint density at radius 1 is 1.44 bits per heavy atom. The van der Waals surface area contributed by atoms with E-state index in [-0.39, 0.29) is 24.0 Å². The monoisotopic (exact) mass is 337 g/mol. The number of nitro groups is 1. The van der Waals surface area contributed by atoms with Crippen LogP contribution in [0.2, 0.25) is 0 Å². The van der Waals surface area contributed by atoms with Crippen LogP contribution in [0.15, 0.2) is 22.7 Å². The molecule has 0 saturated heterocycles. The molecule has 18 heavy (non-hydrogen) atoms. The first-order valence-electron chi connectivity index (χ1n) is 4.93. The molecule has 0 atom stereocenters. The van der Waals surface area contributed by atoms with Gasteiger partial charge in [0, 0.05) is 29.7 Å². The zero-order valence-corrected chi connectivity index (χ0v) is 12.0. The number of nitrogens with one attached hydrogen (secondary N) is 2. The van der Waals surface area contributed by atoms with E-state index >= 15 is 0 Å². The van der Waals surface area contributed by atoms with Gasteiger partial charge in [-0.15, -0.1) is 12.4 Å².